The molecule has 3 aromatic rings. The number of hydrogen-bond acceptors (Lipinski definition) is 12. The first-order chi connectivity index (χ1) is 24.5. The largest absolute Gasteiger partial charge is 0.444 e. The highest BCUT2D eigenvalue weighted by molar-refractivity contribution is 7.91. The standard InChI is InChI=1S/C36H62N6O7S2Si2/c1-13-27-20-26(14-15-41(27)35(44)49-36(3,4)5)30-31(51(6,45)46)34(40(23-47-16-18-52(7,8)9)24-48-17-19-53(10,11)12)42-32(39-30)28(21-38-42)29-22-37-33(50-29)25(2)43/h21-22,25-27,43H,13-20,23-24H2,1-12H3/t25?,26-,27+/m0/s1. The van der Waals surface area contributed by atoms with Gasteiger partial charge in [0.05, 0.1) is 22.3 Å². The topological polar surface area (TPSA) is 149 Å². The monoisotopic (exact) mass is 810 g/mol. The first-order valence-electron chi connectivity index (χ1n) is 18.6. The lowest BCUT2D eigenvalue weighted by molar-refractivity contribution is 0.00731. The van der Waals surface area contributed by atoms with E-state index in [1.807, 2.05) is 32.6 Å². The van der Waals surface area contributed by atoms with Gasteiger partial charge in [0.2, 0.25) is 0 Å². The van der Waals surface area contributed by atoms with Crippen LogP contribution in [0, 0.1) is 0 Å². The van der Waals surface area contributed by atoms with E-state index in [2.05, 4.69) is 44.3 Å². The van der Waals surface area contributed by atoms with Gasteiger partial charge in [0.15, 0.2) is 21.3 Å². The van der Waals surface area contributed by atoms with Gasteiger partial charge in [0, 0.05) is 60.3 Å². The molecule has 1 N–H and O–H groups in total. The summed E-state index contributed by atoms with van der Waals surface area (Å²) in [5, 5.41) is 15.6. The molecule has 53 heavy (non-hydrogen) atoms. The fourth-order valence-corrected chi connectivity index (χ4v) is 9.70. The van der Waals surface area contributed by atoms with Crippen molar-refractivity contribution in [3.8, 4) is 10.4 Å². The fourth-order valence-electron chi connectivity index (χ4n) is 6.18. The summed E-state index contributed by atoms with van der Waals surface area (Å²) in [4.78, 5) is 27.3. The first kappa shape index (κ1) is 43.3. The third-order valence-corrected chi connectivity index (χ3v) is 14.9. The van der Waals surface area contributed by atoms with E-state index in [9.17, 15) is 18.3 Å². The Morgan fingerprint density at radius 1 is 1.08 bits per heavy atom. The summed E-state index contributed by atoms with van der Waals surface area (Å²) in [6.45, 7) is 24.6. The van der Waals surface area contributed by atoms with Gasteiger partial charge in [-0.1, -0.05) is 46.2 Å². The molecule has 298 valence electrons. The zero-order chi connectivity index (χ0) is 39.5. The second-order valence-corrected chi connectivity index (χ2v) is 31.9. The normalized spacial score (nSPS) is 18.1. The summed E-state index contributed by atoms with van der Waals surface area (Å²) in [7, 11) is -6.72. The number of thiazole rings is 1. The van der Waals surface area contributed by atoms with Crippen LogP contribution in [0.4, 0.5) is 10.6 Å². The molecule has 3 atom stereocenters. The van der Waals surface area contributed by atoms with Crippen molar-refractivity contribution in [3.05, 3.63) is 23.1 Å². The molecular weight excluding hydrogens is 749 g/mol. The maximum Gasteiger partial charge on any atom is 0.410 e. The predicted molar refractivity (Wildman–Crippen MR) is 217 cm³/mol. The van der Waals surface area contributed by atoms with Crippen molar-refractivity contribution >= 4 is 54.9 Å². The van der Waals surface area contributed by atoms with E-state index >= 15 is 0 Å². The van der Waals surface area contributed by atoms with Gasteiger partial charge >= 0.3 is 6.09 Å². The van der Waals surface area contributed by atoms with Crippen LogP contribution in [0.15, 0.2) is 17.3 Å². The van der Waals surface area contributed by atoms with E-state index in [-0.39, 0.29) is 36.4 Å². The third-order valence-electron chi connectivity index (χ3n) is 9.11. The average Bonchev–Trinajstić information content (AvgIpc) is 3.68. The van der Waals surface area contributed by atoms with E-state index in [1.54, 1.807) is 28.7 Å². The lowest BCUT2D eigenvalue weighted by atomic mass is 9.87. The number of aliphatic hydroxyl groups excluding tert-OH is 1. The Hall–Kier alpha value is -2.42. The van der Waals surface area contributed by atoms with Crippen molar-refractivity contribution in [3.63, 3.8) is 0 Å². The Morgan fingerprint density at radius 3 is 2.17 bits per heavy atom. The summed E-state index contributed by atoms with van der Waals surface area (Å²) in [5.41, 5.74) is 0.945. The summed E-state index contributed by atoms with van der Waals surface area (Å²) in [5.74, 6) is 0.0504. The molecule has 1 unspecified atom stereocenters. The Morgan fingerprint density at radius 2 is 1.68 bits per heavy atom. The Balaban J connectivity index is 1.91. The minimum Gasteiger partial charge on any atom is -0.444 e. The Labute approximate surface area is 322 Å². The molecular formula is C36H62N6O7S2Si2. The van der Waals surface area contributed by atoms with E-state index in [4.69, 9.17) is 24.3 Å². The Bertz CT molecular complexity index is 1790. The van der Waals surface area contributed by atoms with E-state index in [0.717, 1.165) is 17.0 Å². The van der Waals surface area contributed by atoms with E-state index in [1.165, 1.54) is 17.6 Å². The van der Waals surface area contributed by atoms with E-state index < -0.39 is 37.7 Å². The minimum absolute atomic E-state index is 0.0850. The van der Waals surface area contributed by atoms with Gasteiger partial charge in [0.1, 0.15) is 35.1 Å². The van der Waals surface area contributed by atoms with Crippen LogP contribution in [-0.2, 0) is 24.0 Å². The number of aromatic nitrogens is 4. The number of hydrogen-bond donors (Lipinski definition) is 1. The number of ether oxygens (including phenoxy) is 3. The lowest BCUT2D eigenvalue weighted by Gasteiger charge is -2.40. The fraction of sp³-hybridized carbons (Fsp3) is 0.722. The number of sulfone groups is 1. The van der Waals surface area contributed by atoms with Gasteiger partial charge in [-0.15, -0.1) is 11.3 Å². The molecule has 3 aromatic heterocycles. The number of rotatable bonds is 16. The molecule has 17 heteroatoms. The molecule has 0 saturated carbocycles. The molecule has 0 aromatic carbocycles. The smallest absolute Gasteiger partial charge is 0.410 e. The van der Waals surface area contributed by atoms with Crippen LogP contribution in [0.1, 0.15) is 76.6 Å². The average molecular weight is 811 g/mol. The number of likely N-dealkylation sites (tertiary alicyclic amines) is 1. The second kappa shape index (κ2) is 17.2. The number of amides is 1. The molecule has 0 spiro atoms. The zero-order valence-corrected chi connectivity index (χ0v) is 37.5. The van der Waals surface area contributed by atoms with Crippen molar-refractivity contribution < 1.29 is 32.5 Å². The number of carbonyl (C=O) groups excluding carboxylic acids is 1. The van der Waals surface area contributed by atoms with Crippen LogP contribution >= 0.6 is 11.3 Å². The highest BCUT2D eigenvalue weighted by Crippen LogP contribution is 2.42. The van der Waals surface area contributed by atoms with Crippen LogP contribution < -0.4 is 4.90 Å². The van der Waals surface area contributed by atoms with E-state index in [0.29, 0.717) is 66.8 Å². The molecule has 4 rings (SSSR count). The number of fused-ring (bicyclic) bond motifs is 1. The van der Waals surface area contributed by atoms with Crippen LogP contribution in [0.2, 0.25) is 51.4 Å². The maximum absolute atomic E-state index is 14.1. The first-order valence-corrected chi connectivity index (χ1v) is 28.8. The lowest BCUT2D eigenvalue weighted by Crippen LogP contribution is -2.47. The molecule has 1 fully saturated rings. The van der Waals surface area contributed by atoms with Gasteiger partial charge < -0.3 is 29.1 Å². The summed E-state index contributed by atoms with van der Waals surface area (Å²) in [6.07, 6.45) is 5.15. The summed E-state index contributed by atoms with van der Waals surface area (Å²) in [6, 6.07) is 1.72. The highest BCUT2D eigenvalue weighted by atomic mass is 32.2. The van der Waals surface area contributed by atoms with Crippen LogP contribution in [0.3, 0.4) is 0 Å². The van der Waals surface area contributed by atoms with Gasteiger partial charge in [-0.25, -0.2) is 23.2 Å². The number of piperidine rings is 1. The predicted octanol–water partition coefficient (Wildman–Crippen LogP) is 7.63. The molecule has 0 aliphatic carbocycles. The van der Waals surface area contributed by atoms with Gasteiger partial charge in [-0.05, 0) is 59.0 Å². The molecule has 1 amide bonds. The molecule has 4 heterocycles. The molecule has 0 radical (unpaired) electrons. The minimum atomic E-state index is -3.91. The number of nitrogens with zero attached hydrogens (tertiary/aromatic N) is 6. The SMILES string of the molecule is CC[C@@H]1C[C@@H](c2nc3c(-c4cnc(C(C)O)s4)cnn3c(N(COCC[Si](C)(C)C)COCC[Si](C)(C)C)c2S(C)(=O)=O)CCN1C(=O)OC(C)(C)C. The van der Waals surface area contributed by atoms with Crippen molar-refractivity contribution in [2.45, 2.75) is 134 Å². The van der Waals surface area contributed by atoms with Crippen molar-refractivity contribution in [1.82, 2.24) is 24.5 Å². The van der Waals surface area contributed by atoms with Crippen molar-refractivity contribution in [2.75, 3.05) is 44.4 Å². The van der Waals surface area contributed by atoms with Gasteiger partial charge in [0.25, 0.3) is 0 Å². The highest BCUT2D eigenvalue weighted by Gasteiger charge is 2.39. The number of aliphatic hydroxyl groups is 1. The van der Waals surface area contributed by atoms with Gasteiger partial charge in [-0.3, -0.25) is 0 Å². The molecule has 1 saturated heterocycles. The number of carbonyl (C=O) groups is 1. The second-order valence-electron chi connectivity index (χ2n) is 17.6. The summed E-state index contributed by atoms with van der Waals surface area (Å²) >= 11 is 1.34. The third kappa shape index (κ3) is 11.8. The van der Waals surface area contributed by atoms with Crippen LogP contribution in [0.5, 0.6) is 0 Å². The molecule has 0 bridgehead atoms. The maximum atomic E-state index is 14.1. The van der Waals surface area contributed by atoms with Gasteiger partial charge in [-0.2, -0.15) is 9.61 Å². The van der Waals surface area contributed by atoms with Crippen molar-refractivity contribution in [2.24, 2.45) is 0 Å². The number of anilines is 1. The van der Waals surface area contributed by atoms with Crippen LogP contribution in [0.25, 0.3) is 16.1 Å². The summed E-state index contributed by atoms with van der Waals surface area (Å²) < 4.78 is 48.2. The molecule has 1 aliphatic heterocycles. The van der Waals surface area contributed by atoms with Crippen LogP contribution in [-0.4, -0.2) is 111 Å². The Kier molecular flexibility index (Phi) is 14.0. The molecule has 1 aliphatic rings. The zero-order valence-electron chi connectivity index (χ0n) is 33.9. The quantitative estimate of drug-likeness (QED) is 0.0865. The van der Waals surface area contributed by atoms with Crippen molar-refractivity contribution in [1.29, 1.82) is 0 Å². The molecule has 13 nitrogen and oxygen atoms in total.